The molecule has 1 aliphatic heterocycles. The minimum atomic E-state index is 0.0740. The minimum absolute atomic E-state index is 0.0740. The highest BCUT2D eigenvalue weighted by atomic mass is 16.1. The number of likely N-dealkylation sites (tertiary alicyclic amines) is 1. The van der Waals surface area contributed by atoms with Gasteiger partial charge in [0.15, 0.2) is 0 Å². The largest absolute Gasteiger partial charge is 0.352 e. The highest BCUT2D eigenvalue weighted by Crippen LogP contribution is 2.29. The van der Waals surface area contributed by atoms with Crippen molar-refractivity contribution in [2.24, 2.45) is 5.92 Å². The molecule has 1 amide bonds. The fraction of sp³-hybridized carbons (Fsp3) is 0.609. The van der Waals surface area contributed by atoms with Crippen LogP contribution >= 0.6 is 0 Å². The second-order valence-electron chi connectivity index (χ2n) is 8.41. The molecule has 0 bridgehead atoms. The van der Waals surface area contributed by atoms with E-state index in [1.54, 1.807) is 5.57 Å². The van der Waals surface area contributed by atoms with Gasteiger partial charge in [-0.15, -0.1) is 0 Å². The fourth-order valence-corrected chi connectivity index (χ4v) is 4.59. The third-order valence-corrected chi connectivity index (χ3v) is 6.60. The van der Waals surface area contributed by atoms with Crippen molar-refractivity contribution in [2.75, 3.05) is 19.6 Å². The number of piperidine rings is 1. The first-order valence-corrected chi connectivity index (χ1v) is 10.6. The zero-order valence-corrected chi connectivity index (χ0v) is 15.9. The molecule has 3 nitrogen and oxygen atoms in total. The number of rotatable bonds is 5. The van der Waals surface area contributed by atoms with Gasteiger partial charge in [-0.05, 0) is 62.1 Å². The van der Waals surface area contributed by atoms with Crippen molar-refractivity contribution in [1.82, 2.24) is 10.2 Å². The Morgan fingerprint density at radius 1 is 1.00 bits per heavy atom. The SMILES string of the molecule is O=C(NCC1CCCC1)c1ccc(C=C2CCN(C3CCC3)CC2)cc1. The van der Waals surface area contributed by atoms with Gasteiger partial charge < -0.3 is 5.32 Å². The molecule has 2 aliphatic carbocycles. The summed E-state index contributed by atoms with van der Waals surface area (Å²) in [5, 5.41) is 3.11. The molecule has 1 aromatic rings. The lowest BCUT2D eigenvalue weighted by Gasteiger charge is -2.40. The molecule has 3 aliphatic rings. The first-order valence-electron chi connectivity index (χ1n) is 10.6. The summed E-state index contributed by atoms with van der Waals surface area (Å²) in [6.07, 6.45) is 14.1. The minimum Gasteiger partial charge on any atom is -0.352 e. The van der Waals surface area contributed by atoms with Gasteiger partial charge >= 0.3 is 0 Å². The van der Waals surface area contributed by atoms with Crippen LogP contribution in [0.3, 0.4) is 0 Å². The van der Waals surface area contributed by atoms with Gasteiger partial charge in [0.1, 0.15) is 0 Å². The predicted molar refractivity (Wildman–Crippen MR) is 107 cm³/mol. The van der Waals surface area contributed by atoms with Crippen LogP contribution in [0, 0.1) is 5.92 Å². The molecular weight excluding hydrogens is 320 g/mol. The molecule has 2 saturated carbocycles. The number of carbonyl (C=O) groups excluding carboxylic acids is 1. The van der Waals surface area contributed by atoms with E-state index in [4.69, 9.17) is 0 Å². The highest BCUT2D eigenvalue weighted by Gasteiger charge is 2.26. The molecular formula is C23H32N2O. The molecule has 0 unspecified atom stereocenters. The second-order valence-corrected chi connectivity index (χ2v) is 8.41. The average molecular weight is 353 g/mol. The molecule has 140 valence electrons. The summed E-state index contributed by atoms with van der Waals surface area (Å²) in [4.78, 5) is 15.0. The standard InChI is InChI=1S/C23H32N2O/c26-23(24-17-20-4-1-2-5-20)21-10-8-18(9-11-21)16-19-12-14-25(15-13-19)22-6-3-7-22/h8-11,16,20,22H,1-7,12-15,17H2,(H,24,26). The summed E-state index contributed by atoms with van der Waals surface area (Å²) >= 11 is 0. The van der Waals surface area contributed by atoms with Gasteiger partial charge in [-0.25, -0.2) is 0 Å². The lowest BCUT2D eigenvalue weighted by Crippen LogP contribution is -2.43. The number of nitrogens with zero attached hydrogens (tertiary/aromatic N) is 1. The van der Waals surface area contributed by atoms with Gasteiger partial charge in [0.05, 0.1) is 0 Å². The van der Waals surface area contributed by atoms with Crippen LogP contribution in [-0.4, -0.2) is 36.5 Å². The normalized spacial score (nSPS) is 22.2. The summed E-state index contributed by atoms with van der Waals surface area (Å²) in [7, 11) is 0. The third-order valence-electron chi connectivity index (χ3n) is 6.60. The van der Waals surface area contributed by atoms with E-state index in [-0.39, 0.29) is 5.91 Å². The first-order chi connectivity index (χ1) is 12.8. The second kappa shape index (κ2) is 8.39. The molecule has 3 heteroatoms. The van der Waals surface area contributed by atoms with Crippen LogP contribution in [-0.2, 0) is 0 Å². The molecule has 0 spiro atoms. The Balaban J connectivity index is 1.27. The van der Waals surface area contributed by atoms with Crippen molar-refractivity contribution in [1.29, 1.82) is 0 Å². The van der Waals surface area contributed by atoms with Crippen molar-refractivity contribution in [2.45, 2.75) is 63.8 Å². The lowest BCUT2D eigenvalue weighted by molar-refractivity contribution is 0.0947. The summed E-state index contributed by atoms with van der Waals surface area (Å²) in [6.45, 7) is 3.28. The Labute approximate surface area is 157 Å². The summed E-state index contributed by atoms with van der Waals surface area (Å²) in [6, 6.07) is 9.00. The van der Waals surface area contributed by atoms with E-state index in [0.717, 1.165) is 18.2 Å². The number of nitrogens with one attached hydrogen (secondary N) is 1. The van der Waals surface area contributed by atoms with Gasteiger partial charge in [-0.3, -0.25) is 9.69 Å². The van der Waals surface area contributed by atoms with Crippen molar-refractivity contribution < 1.29 is 4.79 Å². The van der Waals surface area contributed by atoms with Crippen LogP contribution in [0.5, 0.6) is 0 Å². The van der Waals surface area contributed by atoms with Crippen LogP contribution < -0.4 is 5.32 Å². The maximum Gasteiger partial charge on any atom is 0.251 e. The van der Waals surface area contributed by atoms with E-state index in [9.17, 15) is 4.79 Å². The molecule has 1 aromatic carbocycles. The van der Waals surface area contributed by atoms with E-state index < -0.39 is 0 Å². The van der Waals surface area contributed by atoms with Crippen molar-refractivity contribution >= 4 is 12.0 Å². The number of benzene rings is 1. The highest BCUT2D eigenvalue weighted by molar-refractivity contribution is 5.94. The lowest BCUT2D eigenvalue weighted by atomic mass is 9.89. The van der Waals surface area contributed by atoms with Gasteiger partial charge in [0, 0.05) is 31.2 Å². The zero-order valence-electron chi connectivity index (χ0n) is 15.9. The smallest absolute Gasteiger partial charge is 0.251 e. The third kappa shape index (κ3) is 4.37. The van der Waals surface area contributed by atoms with Crippen molar-refractivity contribution in [3.8, 4) is 0 Å². The summed E-state index contributed by atoms with van der Waals surface area (Å²) in [5.74, 6) is 0.763. The van der Waals surface area contributed by atoms with Gasteiger partial charge in [-0.1, -0.05) is 43.0 Å². The van der Waals surface area contributed by atoms with Crippen LogP contribution in [0.25, 0.3) is 6.08 Å². The molecule has 4 rings (SSSR count). The maximum absolute atomic E-state index is 12.3. The van der Waals surface area contributed by atoms with Crippen LogP contribution in [0.1, 0.15) is 73.7 Å². The topological polar surface area (TPSA) is 32.3 Å². The summed E-state index contributed by atoms with van der Waals surface area (Å²) < 4.78 is 0. The molecule has 1 N–H and O–H groups in total. The predicted octanol–water partition coefficient (Wildman–Crippen LogP) is 4.64. The van der Waals surface area contributed by atoms with E-state index in [1.807, 2.05) is 12.1 Å². The Kier molecular flexibility index (Phi) is 5.74. The van der Waals surface area contributed by atoms with E-state index >= 15 is 0 Å². The Morgan fingerprint density at radius 3 is 2.31 bits per heavy atom. The fourth-order valence-electron chi connectivity index (χ4n) is 4.59. The zero-order chi connectivity index (χ0) is 17.8. The molecule has 0 aromatic heterocycles. The average Bonchev–Trinajstić information content (AvgIpc) is 3.14. The van der Waals surface area contributed by atoms with E-state index in [0.29, 0.717) is 5.92 Å². The van der Waals surface area contributed by atoms with Crippen molar-refractivity contribution in [3.05, 3.63) is 41.0 Å². The molecule has 1 saturated heterocycles. The number of carbonyl (C=O) groups is 1. The number of hydrogen-bond acceptors (Lipinski definition) is 2. The molecule has 1 heterocycles. The van der Waals surface area contributed by atoms with E-state index in [1.165, 1.54) is 76.4 Å². The van der Waals surface area contributed by atoms with E-state index in [2.05, 4.69) is 28.4 Å². The van der Waals surface area contributed by atoms with Gasteiger partial charge in [0.25, 0.3) is 5.91 Å². The molecule has 26 heavy (non-hydrogen) atoms. The molecule has 3 fully saturated rings. The Morgan fingerprint density at radius 2 is 1.69 bits per heavy atom. The van der Waals surface area contributed by atoms with Crippen LogP contribution in [0.15, 0.2) is 29.8 Å². The maximum atomic E-state index is 12.3. The molecule has 0 radical (unpaired) electrons. The molecule has 0 atom stereocenters. The Hall–Kier alpha value is -1.61. The number of hydrogen-bond donors (Lipinski definition) is 1. The van der Waals surface area contributed by atoms with Gasteiger partial charge in [-0.2, -0.15) is 0 Å². The van der Waals surface area contributed by atoms with Gasteiger partial charge in [0.2, 0.25) is 0 Å². The number of amides is 1. The quantitative estimate of drug-likeness (QED) is 0.837. The van der Waals surface area contributed by atoms with Crippen LogP contribution in [0.4, 0.5) is 0 Å². The summed E-state index contributed by atoms with van der Waals surface area (Å²) in [5.41, 5.74) is 3.56. The Bertz CT molecular complexity index is 629. The van der Waals surface area contributed by atoms with Crippen molar-refractivity contribution in [3.63, 3.8) is 0 Å². The van der Waals surface area contributed by atoms with Crippen LogP contribution in [0.2, 0.25) is 0 Å². The first kappa shape index (κ1) is 17.8. The monoisotopic (exact) mass is 352 g/mol.